The van der Waals surface area contributed by atoms with E-state index >= 15 is 0 Å². The van der Waals surface area contributed by atoms with E-state index in [4.69, 9.17) is 5.53 Å². The second-order valence-electron chi connectivity index (χ2n) is 2.74. The van der Waals surface area contributed by atoms with Crippen molar-refractivity contribution in [2.24, 2.45) is 0 Å². The minimum Gasteiger partial charge on any atom is -0.362 e. The normalized spacial score (nSPS) is 10.5. The molecule has 0 aliphatic carbocycles. The van der Waals surface area contributed by atoms with E-state index in [-0.39, 0.29) is 0 Å². The molecule has 0 aromatic rings. The Morgan fingerprint density at radius 1 is 1.50 bits per heavy atom. The molecule has 0 aliphatic heterocycles. The van der Waals surface area contributed by atoms with Gasteiger partial charge in [0.15, 0.2) is 8.07 Å². The van der Waals surface area contributed by atoms with Gasteiger partial charge in [0, 0.05) is 0 Å². The fraction of sp³-hybridized carbons (Fsp3) is 0.750. The van der Waals surface area contributed by atoms with Crippen LogP contribution in [-0.2, 0) is 0 Å². The number of nitrogens with zero attached hydrogens (tertiary/aromatic N) is 2. The third-order valence-electron chi connectivity index (χ3n) is 0.876. The minimum absolute atomic E-state index is 0.817. The Morgan fingerprint density at radius 3 is 1.88 bits per heavy atom. The third kappa shape index (κ3) is 2.36. The van der Waals surface area contributed by atoms with Crippen LogP contribution in [0.1, 0.15) is 0 Å². The fourth-order valence-electron chi connectivity index (χ4n) is 0.150. The van der Waals surface area contributed by atoms with E-state index in [0.29, 0.717) is 0 Å². The summed E-state index contributed by atoms with van der Waals surface area (Å²) in [6.45, 7) is 6.36. The van der Waals surface area contributed by atoms with Gasteiger partial charge >= 0.3 is 0 Å². The van der Waals surface area contributed by atoms with E-state index in [2.05, 4.69) is 33.7 Å². The van der Waals surface area contributed by atoms with Crippen LogP contribution >= 0.6 is 9.24 Å². The molecule has 0 aliphatic rings. The average molecular weight is 146 g/mol. The van der Waals surface area contributed by atoms with Gasteiger partial charge in [0.1, 0.15) is 0 Å². The van der Waals surface area contributed by atoms with Crippen molar-refractivity contribution in [2.75, 3.05) is 0 Å². The van der Waals surface area contributed by atoms with Crippen LogP contribution < -0.4 is 0 Å². The summed E-state index contributed by atoms with van der Waals surface area (Å²) in [5.74, 6) is 0. The molecule has 0 heterocycles. The molecular formula is C4H11N2PSi. The predicted molar refractivity (Wildman–Crippen MR) is 41.7 cm³/mol. The standard InChI is InChI=1S/C4H11N2PSi/c1-8(2,3)4(7)6-5/h7H2,1-3H3. The molecule has 1 atom stereocenters. The van der Waals surface area contributed by atoms with Crippen LogP contribution in [0.25, 0.3) is 5.53 Å². The van der Waals surface area contributed by atoms with Crippen molar-refractivity contribution < 1.29 is 4.79 Å². The molecule has 0 saturated heterocycles. The SMILES string of the molecule is C[Si](C)(C)C(P)=[N+]=[N-]. The van der Waals surface area contributed by atoms with Crippen molar-refractivity contribution in [2.45, 2.75) is 19.6 Å². The first kappa shape index (κ1) is 8.03. The molecule has 0 bridgehead atoms. The monoisotopic (exact) mass is 146 g/mol. The van der Waals surface area contributed by atoms with Gasteiger partial charge < -0.3 is 5.53 Å². The lowest BCUT2D eigenvalue weighted by Gasteiger charge is -2.03. The summed E-state index contributed by atoms with van der Waals surface area (Å²) in [7, 11) is 1.14. The lowest BCUT2D eigenvalue weighted by Crippen LogP contribution is -2.29. The summed E-state index contributed by atoms with van der Waals surface area (Å²) in [6, 6.07) is 0. The minimum atomic E-state index is -1.30. The molecule has 0 rings (SSSR count). The highest BCUT2D eigenvalue weighted by molar-refractivity contribution is 7.54. The van der Waals surface area contributed by atoms with Gasteiger partial charge in [-0.15, -0.1) is 0 Å². The first-order valence-electron chi connectivity index (χ1n) is 2.46. The van der Waals surface area contributed by atoms with Gasteiger partial charge in [0.05, 0.1) is 0 Å². The van der Waals surface area contributed by atoms with Crippen molar-refractivity contribution in [1.29, 1.82) is 0 Å². The molecule has 0 saturated carbocycles. The second-order valence-corrected chi connectivity index (χ2v) is 8.87. The van der Waals surface area contributed by atoms with Crippen molar-refractivity contribution in [3.63, 3.8) is 0 Å². The quantitative estimate of drug-likeness (QED) is 0.176. The van der Waals surface area contributed by atoms with Gasteiger partial charge in [-0.3, -0.25) is 0 Å². The van der Waals surface area contributed by atoms with Crippen LogP contribution in [0, 0.1) is 0 Å². The van der Waals surface area contributed by atoms with Gasteiger partial charge in [-0.2, -0.15) is 4.79 Å². The molecular weight excluding hydrogens is 135 g/mol. The van der Waals surface area contributed by atoms with Crippen molar-refractivity contribution in [3.05, 3.63) is 5.53 Å². The Balaban J connectivity index is 4.26. The molecule has 0 amide bonds. The summed E-state index contributed by atoms with van der Waals surface area (Å²) < 4.78 is 0. The lowest BCUT2D eigenvalue weighted by atomic mass is 11.6. The van der Waals surface area contributed by atoms with E-state index in [9.17, 15) is 0 Å². The summed E-state index contributed by atoms with van der Waals surface area (Å²) in [4.78, 5) is 3.10. The molecule has 0 radical (unpaired) electrons. The fourth-order valence-corrected chi connectivity index (χ4v) is 0.450. The molecule has 8 heavy (non-hydrogen) atoms. The van der Waals surface area contributed by atoms with Crippen LogP contribution in [0.5, 0.6) is 0 Å². The Hall–Kier alpha value is 0.0269. The van der Waals surface area contributed by atoms with E-state index in [1.807, 2.05) is 0 Å². The first-order valence-corrected chi connectivity index (χ1v) is 6.54. The highest BCUT2D eigenvalue weighted by Crippen LogP contribution is 2.05. The van der Waals surface area contributed by atoms with Gasteiger partial charge in [0.25, 0.3) is 0 Å². The molecule has 4 heteroatoms. The Labute approximate surface area is 53.1 Å². The van der Waals surface area contributed by atoms with Crippen LogP contribution in [0.2, 0.25) is 19.6 Å². The van der Waals surface area contributed by atoms with E-state index < -0.39 is 8.07 Å². The Kier molecular flexibility index (Phi) is 2.55. The lowest BCUT2D eigenvalue weighted by molar-refractivity contribution is 0.00379. The third-order valence-corrected chi connectivity index (χ3v) is 5.23. The molecule has 0 N–H and O–H groups in total. The maximum Gasteiger partial charge on any atom is 0.248 e. The first-order chi connectivity index (χ1) is 3.48. The maximum absolute atomic E-state index is 8.27. The van der Waals surface area contributed by atoms with E-state index in [1.54, 1.807) is 0 Å². The van der Waals surface area contributed by atoms with Crippen molar-refractivity contribution in [1.82, 2.24) is 0 Å². The molecule has 0 aromatic heterocycles. The topological polar surface area (TPSA) is 36.4 Å². The van der Waals surface area contributed by atoms with Crippen molar-refractivity contribution in [3.8, 4) is 0 Å². The molecule has 0 fully saturated rings. The zero-order valence-electron chi connectivity index (χ0n) is 5.47. The van der Waals surface area contributed by atoms with Crippen molar-refractivity contribution >= 4 is 22.4 Å². The summed E-state index contributed by atoms with van der Waals surface area (Å²) in [5.41, 5.74) is 8.27. The van der Waals surface area contributed by atoms with E-state index in [0.717, 1.165) is 5.08 Å². The Bertz CT molecular complexity index is 131. The number of hydrogen-bond acceptors (Lipinski definition) is 0. The predicted octanol–water partition coefficient (Wildman–Crippen LogP) is 1.37. The average Bonchev–Trinajstić information content (AvgIpc) is 1.62. The zero-order valence-corrected chi connectivity index (χ0v) is 7.63. The molecule has 2 nitrogen and oxygen atoms in total. The maximum atomic E-state index is 8.27. The number of hydrogen-bond donors (Lipinski definition) is 0. The number of rotatable bonds is 1. The van der Waals surface area contributed by atoms with Crippen LogP contribution in [0.4, 0.5) is 0 Å². The summed E-state index contributed by atoms with van der Waals surface area (Å²) >= 11 is 0. The van der Waals surface area contributed by atoms with Gasteiger partial charge in [-0.1, -0.05) is 19.6 Å². The van der Waals surface area contributed by atoms with Crippen LogP contribution in [0.3, 0.4) is 0 Å². The van der Waals surface area contributed by atoms with Gasteiger partial charge in [-0.25, -0.2) is 0 Å². The zero-order chi connectivity index (χ0) is 6.78. The van der Waals surface area contributed by atoms with Crippen LogP contribution in [-0.4, -0.2) is 17.9 Å². The summed E-state index contributed by atoms with van der Waals surface area (Å²) in [5, 5.41) is 0.817. The second kappa shape index (κ2) is 2.54. The smallest absolute Gasteiger partial charge is 0.248 e. The molecule has 46 valence electrons. The van der Waals surface area contributed by atoms with E-state index in [1.165, 1.54) is 0 Å². The highest BCUT2D eigenvalue weighted by atomic mass is 31.0. The largest absolute Gasteiger partial charge is 0.362 e. The summed E-state index contributed by atoms with van der Waals surface area (Å²) in [6.07, 6.45) is 0. The van der Waals surface area contributed by atoms with Gasteiger partial charge in [0.2, 0.25) is 5.08 Å². The molecule has 0 aromatic carbocycles. The molecule has 1 unspecified atom stereocenters. The van der Waals surface area contributed by atoms with Crippen LogP contribution in [0.15, 0.2) is 0 Å². The molecule has 0 spiro atoms. The Morgan fingerprint density at radius 2 is 1.88 bits per heavy atom. The highest BCUT2D eigenvalue weighted by Gasteiger charge is 2.24. The van der Waals surface area contributed by atoms with Gasteiger partial charge in [-0.05, 0) is 9.24 Å².